The molecule has 3 rings (SSSR count). The van der Waals surface area contributed by atoms with Crippen LogP contribution in [0.4, 0.5) is 10.1 Å². The van der Waals surface area contributed by atoms with Gasteiger partial charge in [-0.15, -0.1) is 0 Å². The number of hydrogen-bond donors (Lipinski definition) is 3. The molecule has 32 heavy (non-hydrogen) atoms. The van der Waals surface area contributed by atoms with Gasteiger partial charge in [0.05, 0.1) is 13.0 Å². The largest absolute Gasteiger partial charge is 0.497 e. The highest BCUT2D eigenvalue weighted by atomic mass is 32.3. The van der Waals surface area contributed by atoms with Crippen molar-refractivity contribution in [3.05, 3.63) is 53.8 Å². The average molecular weight is 462 g/mol. The summed E-state index contributed by atoms with van der Waals surface area (Å²) in [7, 11) is 0.266. The van der Waals surface area contributed by atoms with Crippen LogP contribution in [0.25, 0.3) is 0 Å². The molecule has 9 heteroatoms. The maximum absolute atomic E-state index is 14.6. The SMILES string of the molecule is COc1ccc([C@H](NC(=O)[C@@H]2CNC(=O)C2)C(=O)Nc2ccc(S(C)(C)C)c(F)c2)cc1. The molecule has 1 heterocycles. The fourth-order valence-corrected chi connectivity index (χ4v) is 4.56. The first-order valence-corrected chi connectivity index (χ1v) is 12.9. The van der Waals surface area contributed by atoms with Crippen LogP contribution in [0.3, 0.4) is 0 Å². The minimum absolute atomic E-state index is 0.0740. The lowest BCUT2D eigenvalue weighted by Crippen LogP contribution is -2.40. The molecular weight excluding hydrogens is 433 g/mol. The van der Waals surface area contributed by atoms with Gasteiger partial charge in [-0.25, -0.2) is 14.4 Å². The number of halogens is 1. The van der Waals surface area contributed by atoms with Crippen molar-refractivity contribution in [2.75, 3.05) is 37.7 Å². The minimum Gasteiger partial charge on any atom is -0.497 e. The van der Waals surface area contributed by atoms with Crippen molar-refractivity contribution >= 4 is 33.4 Å². The summed E-state index contributed by atoms with van der Waals surface area (Å²) in [6, 6.07) is 10.3. The highest BCUT2D eigenvalue weighted by Crippen LogP contribution is 2.46. The molecule has 3 amide bonds. The van der Waals surface area contributed by atoms with Crippen LogP contribution in [0.1, 0.15) is 18.0 Å². The first-order chi connectivity index (χ1) is 15.1. The molecule has 7 nitrogen and oxygen atoms in total. The Morgan fingerprint density at radius 1 is 1.16 bits per heavy atom. The molecule has 1 fully saturated rings. The van der Waals surface area contributed by atoms with Crippen molar-refractivity contribution in [2.24, 2.45) is 5.92 Å². The second kappa shape index (κ2) is 9.60. The van der Waals surface area contributed by atoms with Crippen molar-refractivity contribution in [3.8, 4) is 5.75 Å². The van der Waals surface area contributed by atoms with E-state index in [9.17, 15) is 18.8 Å². The van der Waals surface area contributed by atoms with E-state index in [-0.39, 0.29) is 24.7 Å². The van der Waals surface area contributed by atoms with Gasteiger partial charge in [0.25, 0.3) is 5.91 Å². The van der Waals surface area contributed by atoms with E-state index in [4.69, 9.17) is 4.74 Å². The van der Waals surface area contributed by atoms with Crippen LogP contribution in [0.5, 0.6) is 5.75 Å². The lowest BCUT2D eigenvalue weighted by Gasteiger charge is -2.26. The van der Waals surface area contributed by atoms with E-state index in [0.29, 0.717) is 21.9 Å². The molecular formula is C23H28FN3O4S. The fourth-order valence-electron chi connectivity index (χ4n) is 3.44. The van der Waals surface area contributed by atoms with E-state index in [0.717, 1.165) is 0 Å². The standard InChI is InChI=1S/C23H28FN3O4S/c1-31-17-8-5-14(6-9-17)21(27-22(29)15-11-20(28)25-13-15)23(30)26-16-7-10-19(18(24)12-16)32(2,3)4/h5-10,12,15,21H,11,13H2,1-4H3,(H,25,28)(H,26,30)(H,27,29)/t15-,21-/m0/s1. The average Bonchev–Trinajstić information content (AvgIpc) is 3.17. The summed E-state index contributed by atoms with van der Waals surface area (Å²) in [6.07, 6.45) is 6.04. The van der Waals surface area contributed by atoms with E-state index < -0.39 is 33.8 Å². The van der Waals surface area contributed by atoms with Gasteiger partial charge in [-0.3, -0.25) is 14.4 Å². The summed E-state index contributed by atoms with van der Waals surface area (Å²) >= 11 is 0. The van der Waals surface area contributed by atoms with Gasteiger partial charge in [0.2, 0.25) is 11.8 Å². The molecule has 0 aromatic heterocycles. The van der Waals surface area contributed by atoms with Crippen LogP contribution < -0.4 is 20.7 Å². The molecule has 0 saturated carbocycles. The number of carbonyl (C=O) groups is 3. The quantitative estimate of drug-likeness (QED) is 0.591. The Morgan fingerprint density at radius 3 is 2.38 bits per heavy atom. The molecule has 2 aromatic rings. The number of methoxy groups -OCH3 is 1. The highest BCUT2D eigenvalue weighted by molar-refractivity contribution is 8.32. The van der Waals surface area contributed by atoms with E-state index in [1.807, 2.05) is 18.8 Å². The Bertz CT molecular complexity index is 1020. The summed E-state index contributed by atoms with van der Waals surface area (Å²) in [4.78, 5) is 37.9. The Hall–Kier alpha value is -3.07. The van der Waals surface area contributed by atoms with Gasteiger partial charge < -0.3 is 20.7 Å². The van der Waals surface area contributed by atoms with Gasteiger partial charge in [-0.2, -0.15) is 0 Å². The van der Waals surface area contributed by atoms with E-state index in [1.54, 1.807) is 36.4 Å². The van der Waals surface area contributed by atoms with E-state index >= 15 is 0 Å². The van der Waals surface area contributed by atoms with Gasteiger partial charge in [0.1, 0.15) is 17.6 Å². The molecule has 3 N–H and O–H groups in total. The van der Waals surface area contributed by atoms with Crippen LogP contribution in [-0.4, -0.2) is 50.1 Å². The Balaban J connectivity index is 1.83. The predicted octanol–water partition coefficient (Wildman–Crippen LogP) is 2.82. The molecule has 1 aliphatic heterocycles. The number of ether oxygens (including phenoxy) is 1. The lowest BCUT2D eigenvalue weighted by molar-refractivity contribution is -0.129. The number of rotatable bonds is 7. The monoisotopic (exact) mass is 461 g/mol. The smallest absolute Gasteiger partial charge is 0.251 e. The maximum atomic E-state index is 14.6. The van der Waals surface area contributed by atoms with Crippen molar-refractivity contribution in [3.63, 3.8) is 0 Å². The van der Waals surface area contributed by atoms with Crippen LogP contribution in [0.2, 0.25) is 0 Å². The molecule has 1 aliphatic rings. The molecule has 2 atom stereocenters. The van der Waals surface area contributed by atoms with Crippen LogP contribution >= 0.6 is 10.0 Å². The summed E-state index contributed by atoms with van der Waals surface area (Å²) in [5.41, 5.74) is 0.829. The van der Waals surface area contributed by atoms with Crippen molar-refractivity contribution in [1.29, 1.82) is 0 Å². The van der Waals surface area contributed by atoms with Crippen molar-refractivity contribution in [2.45, 2.75) is 17.4 Å². The lowest BCUT2D eigenvalue weighted by atomic mass is 10.0. The van der Waals surface area contributed by atoms with Crippen molar-refractivity contribution in [1.82, 2.24) is 10.6 Å². The molecule has 0 bridgehead atoms. The zero-order chi connectivity index (χ0) is 23.5. The van der Waals surface area contributed by atoms with Gasteiger partial charge in [-0.1, -0.05) is 12.1 Å². The third-order valence-corrected chi connectivity index (χ3v) is 6.86. The first-order valence-electron chi connectivity index (χ1n) is 10.1. The third kappa shape index (κ3) is 5.59. The summed E-state index contributed by atoms with van der Waals surface area (Å²) in [5, 5.41) is 8.04. The molecule has 0 radical (unpaired) electrons. The molecule has 1 saturated heterocycles. The molecule has 2 aromatic carbocycles. The fraction of sp³-hybridized carbons (Fsp3) is 0.348. The predicted molar refractivity (Wildman–Crippen MR) is 124 cm³/mol. The minimum atomic E-state index is -1.26. The highest BCUT2D eigenvalue weighted by Gasteiger charge is 2.32. The van der Waals surface area contributed by atoms with Gasteiger partial charge in [0.15, 0.2) is 0 Å². The number of benzene rings is 2. The number of amides is 3. The van der Waals surface area contributed by atoms with Crippen LogP contribution in [0.15, 0.2) is 47.4 Å². The normalized spacial score (nSPS) is 17.3. The number of carbonyl (C=O) groups excluding carboxylic acids is 3. The summed E-state index contributed by atoms with van der Waals surface area (Å²) in [6.45, 7) is 0.226. The Labute approximate surface area is 188 Å². The van der Waals surface area contributed by atoms with Gasteiger partial charge >= 0.3 is 0 Å². The second-order valence-electron chi connectivity index (χ2n) is 8.39. The Kier molecular flexibility index (Phi) is 7.08. The van der Waals surface area contributed by atoms with Crippen LogP contribution in [0, 0.1) is 11.7 Å². The van der Waals surface area contributed by atoms with Crippen molar-refractivity contribution < 1.29 is 23.5 Å². The third-order valence-electron chi connectivity index (χ3n) is 5.21. The molecule has 172 valence electrons. The molecule has 0 aliphatic carbocycles. The summed E-state index contributed by atoms with van der Waals surface area (Å²) < 4.78 is 19.8. The number of anilines is 1. The zero-order valence-corrected chi connectivity index (χ0v) is 19.3. The zero-order valence-electron chi connectivity index (χ0n) is 18.5. The topological polar surface area (TPSA) is 96.5 Å². The van der Waals surface area contributed by atoms with E-state index in [1.165, 1.54) is 13.2 Å². The molecule has 0 unspecified atom stereocenters. The second-order valence-corrected chi connectivity index (χ2v) is 12.5. The number of hydrogen-bond acceptors (Lipinski definition) is 4. The first kappa shape index (κ1) is 23.6. The van der Waals surface area contributed by atoms with E-state index in [2.05, 4.69) is 16.0 Å². The van der Waals surface area contributed by atoms with Gasteiger partial charge in [-0.05, 0) is 54.7 Å². The van der Waals surface area contributed by atoms with Crippen LogP contribution in [-0.2, 0) is 14.4 Å². The van der Waals surface area contributed by atoms with Gasteiger partial charge in [0, 0.05) is 23.5 Å². The summed E-state index contributed by atoms with van der Waals surface area (Å²) in [5.74, 6) is -1.46. The maximum Gasteiger partial charge on any atom is 0.251 e. The number of nitrogens with one attached hydrogen (secondary N) is 3. The molecule has 0 spiro atoms. The Morgan fingerprint density at radius 2 is 1.84 bits per heavy atom.